The van der Waals surface area contributed by atoms with Gasteiger partial charge in [0.1, 0.15) is 5.60 Å². The molecule has 0 radical (unpaired) electrons. The maximum Gasteiger partial charge on any atom is 0.331 e. The molecule has 1 rings (SSSR count). The van der Waals surface area contributed by atoms with Gasteiger partial charge in [-0.05, 0) is 32.4 Å². The Morgan fingerprint density at radius 1 is 1.39 bits per heavy atom. The van der Waals surface area contributed by atoms with Crippen LogP contribution in [0, 0.1) is 10.1 Å². The summed E-state index contributed by atoms with van der Waals surface area (Å²) < 4.78 is 5.08. The zero-order valence-electron chi connectivity index (χ0n) is 10.5. The van der Waals surface area contributed by atoms with Crippen LogP contribution in [0.3, 0.4) is 0 Å². The van der Waals surface area contributed by atoms with Crippen molar-refractivity contribution >= 4 is 17.7 Å². The van der Waals surface area contributed by atoms with E-state index in [1.807, 2.05) is 0 Å². The molecule has 0 spiro atoms. The number of nitro groups is 1. The minimum atomic E-state index is -0.551. The number of non-ortho nitro benzene ring substituents is 1. The van der Waals surface area contributed by atoms with Crippen LogP contribution in [0.25, 0.3) is 6.08 Å². The fourth-order valence-electron chi connectivity index (χ4n) is 1.24. The number of carbonyl (C=O) groups is 1. The fraction of sp³-hybridized carbons (Fsp3) is 0.308. The molecule has 0 saturated heterocycles. The second-order valence-corrected chi connectivity index (χ2v) is 4.72. The number of ether oxygens (including phenoxy) is 1. The maximum atomic E-state index is 11.4. The van der Waals surface area contributed by atoms with Crippen LogP contribution in [0.15, 0.2) is 30.3 Å². The van der Waals surface area contributed by atoms with E-state index in [4.69, 9.17) is 4.74 Å². The standard InChI is InChI=1S/C13H15NO4/c1-13(2,3)18-12(15)8-7-10-5-4-6-11(9-10)14(16)17/h4-9H,1-3H3. The molecule has 0 bridgehead atoms. The van der Waals surface area contributed by atoms with Crippen LogP contribution in [0.2, 0.25) is 0 Å². The molecule has 0 aliphatic carbocycles. The molecule has 0 fully saturated rings. The summed E-state index contributed by atoms with van der Waals surface area (Å²) >= 11 is 0. The molecule has 96 valence electrons. The Bertz CT molecular complexity index is 486. The quantitative estimate of drug-likeness (QED) is 0.357. The normalized spacial score (nSPS) is 11.5. The lowest BCUT2D eigenvalue weighted by Gasteiger charge is -2.17. The van der Waals surface area contributed by atoms with Gasteiger partial charge < -0.3 is 4.74 Å². The molecule has 18 heavy (non-hydrogen) atoms. The highest BCUT2D eigenvalue weighted by Gasteiger charge is 2.13. The number of esters is 1. The number of hydrogen-bond donors (Lipinski definition) is 0. The highest BCUT2D eigenvalue weighted by Crippen LogP contribution is 2.14. The molecule has 1 aromatic rings. The van der Waals surface area contributed by atoms with E-state index in [1.165, 1.54) is 24.3 Å². The van der Waals surface area contributed by atoms with Crippen LogP contribution in [0.4, 0.5) is 5.69 Å². The van der Waals surface area contributed by atoms with E-state index in [9.17, 15) is 14.9 Å². The van der Waals surface area contributed by atoms with Gasteiger partial charge in [-0.1, -0.05) is 12.1 Å². The van der Waals surface area contributed by atoms with Gasteiger partial charge in [0.25, 0.3) is 5.69 Å². The maximum absolute atomic E-state index is 11.4. The summed E-state index contributed by atoms with van der Waals surface area (Å²) in [6.45, 7) is 5.31. The van der Waals surface area contributed by atoms with Crippen molar-refractivity contribution in [2.75, 3.05) is 0 Å². The number of nitrogens with zero attached hydrogens (tertiary/aromatic N) is 1. The lowest BCUT2D eigenvalue weighted by Crippen LogP contribution is -2.22. The lowest BCUT2D eigenvalue weighted by molar-refractivity contribution is -0.384. The van der Waals surface area contributed by atoms with Crippen LogP contribution in [0.1, 0.15) is 26.3 Å². The minimum absolute atomic E-state index is 0.0126. The van der Waals surface area contributed by atoms with Crippen LogP contribution < -0.4 is 0 Å². The van der Waals surface area contributed by atoms with Gasteiger partial charge in [0.2, 0.25) is 0 Å². The smallest absolute Gasteiger partial charge is 0.331 e. The van der Waals surface area contributed by atoms with E-state index >= 15 is 0 Å². The lowest BCUT2D eigenvalue weighted by atomic mass is 10.2. The third kappa shape index (κ3) is 4.78. The van der Waals surface area contributed by atoms with Gasteiger partial charge in [-0.15, -0.1) is 0 Å². The molecule has 0 unspecified atom stereocenters. The Kier molecular flexibility index (Phi) is 4.20. The third-order valence-electron chi connectivity index (χ3n) is 1.90. The first-order valence-corrected chi connectivity index (χ1v) is 5.43. The summed E-state index contributed by atoms with van der Waals surface area (Å²) in [5.41, 5.74) is 0.0146. The molecule has 0 N–H and O–H groups in total. The molecule has 0 saturated carbocycles. The predicted octanol–water partition coefficient (Wildman–Crippen LogP) is 2.95. The number of hydrogen-bond acceptors (Lipinski definition) is 4. The van der Waals surface area contributed by atoms with E-state index in [1.54, 1.807) is 32.9 Å². The van der Waals surface area contributed by atoms with E-state index in [-0.39, 0.29) is 5.69 Å². The van der Waals surface area contributed by atoms with Crippen molar-refractivity contribution in [1.82, 2.24) is 0 Å². The van der Waals surface area contributed by atoms with Gasteiger partial charge in [-0.2, -0.15) is 0 Å². The van der Waals surface area contributed by atoms with Gasteiger partial charge in [0.05, 0.1) is 4.92 Å². The second kappa shape index (κ2) is 5.44. The second-order valence-electron chi connectivity index (χ2n) is 4.72. The Balaban J connectivity index is 2.76. The number of nitro benzene ring substituents is 1. The van der Waals surface area contributed by atoms with Crippen LogP contribution >= 0.6 is 0 Å². The molecular weight excluding hydrogens is 234 g/mol. The van der Waals surface area contributed by atoms with Gasteiger partial charge >= 0.3 is 5.97 Å². The van der Waals surface area contributed by atoms with E-state index in [0.29, 0.717) is 5.56 Å². The van der Waals surface area contributed by atoms with E-state index in [0.717, 1.165) is 0 Å². The highest BCUT2D eigenvalue weighted by atomic mass is 16.6. The van der Waals surface area contributed by atoms with Crippen LogP contribution in [0.5, 0.6) is 0 Å². The zero-order chi connectivity index (χ0) is 13.8. The van der Waals surface area contributed by atoms with Crippen molar-refractivity contribution in [2.24, 2.45) is 0 Å². The topological polar surface area (TPSA) is 69.4 Å². The molecule has 5 heteroatoms. The molecule has 0 amide bonds. The summed E-state index contributed by atoms with van der Waals surface area (Å²) in [6, 6.07) is 6.02. The largest absolute Gasteiger partial charge is 0.457 e. The van der Waals surface area contributed by atoms with Crippen molar-refractivity contribution in [3.63, 3.8) is 0 Å². The average molecular weight is 249 g/mol. The molecule has 0 atom stereocenters. The molecule has 0 aromatic heterocycles. The summed E-state index contributed by atoms with van der Waals surface area (Å²) in [5, 5.41) is 10.6. The van der Waals surface area contributed by atoms with Crippen LogP contribution in [-0.4, -0.2) is 16.5 Å². The number of carbonyl (C=O) groups excluding carboxylic acids is 1. The highest BCUT2D eigenvalue weighted by molar-refractivity contribution is 5.87. The van der Waals surface area contributed by atoms with Gasteiger partial charge in [-0.3, -0.25) is 10.1 Å². The molecule has 1 aromatic carbocycles. The van der Waals surface area contributed by atoms with Crippen molar-refractivity contribution in [2.45, 2.75) is 26.4 Å². The van der Waals surface area contributed by atoms with E-state index in [2.05, 4.69) is 0 Å². The summed E-state index contributed by atoms with van der Waals surface area (Å²) in [5.74, 6) is -0.478. The van der Waals surface area contributed by atoms with Crippen LogP contribution in [-0.2, 0) is 9.53 Å². The molecule has 5 nitrogen and oxygen atoms in total. The van der Waals surface area contributed by atoms with Crippen molar-refractivity contribution in [1.29, 1.82) is 0 Å². The molecule has 0 heterocycles. The fourth-order valence-corrected chi connectivity index (χ4v) is 1.24. The Labute approximate surface area is 105 Å². The van der Waals surface area contributed by atoms with Crippen molar-refractivity contribution in [3.05, 3.63) is 46.0 Å². The SMILES string of the molecule is CC(C)(C)OC(=O)C=Cc1cccc([N+](=O)[O-])c1. The average Bonchev–Trinajstić information content (AvgIpc) is 2.24. The van der Waals surface area contributed by atoms with E-state index < -0.39 is 16.5 Å². The summed E-state index contributed by atoms with van der Waals surface area (Å²) in [4.78, 5) is 21.5. The third-order valence-corrected chi connectivity index (χ3v) is 1.90. The molecule has 0 aliphatic rings. The predicted molar refractivity (Wildman–Crippen MR) is 68.0 cm³/mol. The molecular formula is C13H15NO4. The number of benzene rings is 1. The molecule has 0 aliphatic heterocycles. The summed E-state index contributed by atoms with van der Waals surface area (Å²) in [6.07, 6.45) is 2.74. The first-order valence-electron chi connectivity index (χ1n) is 5.43. The Hall–Kier alpha value is -2.17. The van der Waals surface area contributed by atoms with Gasteiger partial charge in [0, 0.05) is 18.2 Å². The Morgan fingerprint density at radius 3 is 2.61 bits per heavy atom. The van der Waals surface area contributed by atoms with Gasteiger partial charge in [0.15, 0.2) is 0 Å². The zero-order valence-corrected chi connectivity index (χ0v) is 10.5. The minimum Gasteiger partial charge on any atom is -0.457 e. The summed E-state index contributed by atoms with van der Waals surface area (Å²) in [7, 11) is 0. The monoisotopic (exact) mass is 249 g/mol. The van der Waals surface area contributed by atoms with Crippen molar-refractivity contribution < 1.29 is 14.5 Å². The van der Waals surface area contributed by atoms with Crippen molar-refractivity contribution in [3.8, 4) is 0 Å². The Morgan fingerprint density at radius 2 is 2.06 bits per heavy atom. The van der Waals surface area contributed by atoms with Gasteiger partial charge in [-0.25, -0.2) is 4.79 Å². The first-order chi connectivity index (χ1) is 8.28. The number of rotatable bonds is 3. The first kappa shape index (κ1) is 13.9.